The summed E-state index contributed by atoms with van der Waals surface area (Å²) in [5, 5.41) is 5.51. The number of carbonyl (C=O) groups excluding carboxylic acids is 1. The third kappa shape index (κ3) is 2.99. The third-order valence-corrected chi connectivity index (χ3v) is 5.39. The van der Waals surface area contributed by atoms with E-state index in [9.17, 15) is 4.79 Å². The van der Waals surface area contributed by atoms with Crippen molar-refractivity contribution in [2.24, 2.45) is 0 Å². The van der Waals surface area contributed by atoms with Crippen LogP contribution in [0.25, 0.3) is 10.8 Å². The smallest absolute Gasteiger partial charge is 0.251 e. The lowest BCUT2D eigenvalue weighted by atomic mass is 9.99. The minimum absolute atomic E-state index is 0.00313. The lowest BCUT2D eigenvalue weighted by Crippen LogP contribution is -2.34. The zero-order valence-corrected chi connectivity index (χ0v) is 15.3. The number of likely N-dealkylation sites (N-methyl/N-ethyl adjacent to an activating group) is 1. The fourth-order valence-electron chi connectivity index (χ4n) is 4.00. The van der Waals surface area contributed by atoms with Crippen molar-refractivity contribution in [2.75, 3.05) is 20.6 Å². The number of rotatable bonds is 5. The quantitative estimate of drug-likeness (QED) is 0.759. The number of benzene rings is 3. The minimum atomic E-state index is 0.00313. The van der Waals surface area contributed by atoms with Crippen molar-refractivity contribution in [2.45, 2.75) is 18.9 Å². The summed E-state index contributed by atoms with van der Waals surface area (Å²) in [5.41, 5.74) is 4.71. The van der Waals surface area contributed by atoms with Crippen LogP contribution in [0.1, 0.15) is 33.1 Å². The molecule has 1 atom stereocenters. The van der Waals surface area contributed by atoms with Gasteiger partial charge in [0.1, 0.15) is 0 Å². The molecule has 0 saturated heterocycles. The van der Waals surface area contributed by atoms with Gasteiger partial charge in [0.15, 0.2) is 0 Å². The maximum absolute atomic E-state index is 12.9. The van der Waals surface area contributed by atoms with Crippen LogP contribution in [0.2, 0.25) is 0 Å². The Labute approximate surface area is 154 Å². The van der Waals surface area contributed by atoms with E-state index in [0.29, 0.717) is 6.54 Å². The molecule has 3 nitrogen and oxygen atoms in total. The first-order chi connectivity index (χ1) is 12.6. The van der Waals surface area contributed by atoms with Gasteiger partial charge in [-0.25, -0.2) is 0 Å². The van der Waals surface area contributed by atoms with Crippen LogP contribution in [0.5, 0.6) is 0 Å². The summed E-state index contributed by atoms with van der Waals surface area (Å²) in [7, 11) is 4.09. The molecule has 3 heteroatoms. The van der Waals surface area contributed by atoms with E-state index in [1.54, 1.807) is 0 Å². The third-order valence-electron chi connectivity index (χ3n) is 5.39. The molecule has 1 amide bonds. The fourth-order valence-corrected chi connectivity index (χ4v) is 4.00. The summed E-state index contributed by atoms with van der Waals surface area (Å²) >= 11 is 0. The summed E-state index contributed by atoms with van der Waals surface area (Å²) in [4.78, 5) is 15.1. The molecule has 1 aliphatic carbocycles. The van der Waals surface area contributed by atoms with Crippen molar-refractivity contribution < 1.29 is 4.79 Å². The highest BCUT2D eigenvalue weighted by Gasteiger charge is 2.20. The fraction of sp³-hybridized carbons (Fsp3) is 0.261. The van der Waals surface area contributed by atoms with Gasteiger partial charge in [-0.3, -0.25) is 4.79 Å². The molecule has 0 fully saturated rings. The summed E-state index contributed by atoms with van der Waals surface area (Å²) in [6.45, 7) is 0.582. The predicted molar refractivity (Wildman–Crippen MR) is 107 cm³/mol. The second kappa shape index (κ2) is 6.93. The van der Waals surface area contributed by atoms with Gasteiger partial charge >= 0.3 is 0 Å². The summed E-state index contributed by atoms with van der Waals surface area (Å²) < 4.78 is 0. The molecule has 0 saturated carbocycles. The van der Waals surface area contributed by atoms with Crippen LogP contribution >= 0.6 is 0 Å². The molecule has 4 rings (SSSR count). The Hall–Kier alpha value is -2.65. The van der Waals surface area contributed by atoms with Gasteiger partial charge in [0.25, 0.3) is 5.91 Å². The molecule has 26 heavy (non-hydrogen) atoms. The van der Waals surface area contributed by atoms with E-state index in [4.69, 9.17) is 0 Å². The molecule has 0 bridgehead atoms. The van der Waals surface area contributed by atoms with Crippen LogP contribution in [0.15, 0.2) is 60.7 Å². The molecule has 3 aromatic carbocycles. The number of hydrogen-bond donors (Lipinski definition) is 1. The second-order valence-corrected chi connectivity index (χ2v) is 7.21. The van der Waals surface area contributed by atoms with E-state index in [0.717, 1.165) is 23.8 Å². The molecule has 3 aromatic rings. The molecular formula is C23H24N2O. The lowest BCUT2D eigenvalue weighted by Gasteiger charge is -2.25. The van der Waals surface area contributed by atoms with Gasteiger partial charge in [0.05, 0.1) is 6.04 Å². The Kier molecular flexibility index (Phi) is 4.48. The molecule has 1 N–H and O–H groups in total. The standard InChI is InChI=1S/C23H24N2O/c1-25(2)21(16-7-4-3-5-8-16)15-24-23(26)20-14-13-18-12-11-17-9-6-10-19(20)22(17)18/h3-10,13-14,21H,11-12,15H2,1-2H3,(H,24,26). The first-order valence-electron chi connectivity index (χ1n) is 9.18. The summed E-state index contributed by atoms with van der Waals surface area (Å²) in [6, 6.07) is 20.9. The van der Waals surface area contributed by atoms with E-state index in [-0.39, 0.29) is 11.9 Å². The van der Waals surface area contributed by atoms with Crippen molar-refractivity contribution >= 4 is 16.7 Å². The Morgan fingerprint density at radius 2 is 1.69 bits per heavy atom. The monoisotopic (exact) mass is 344 g/mol. The molecule has 132 valence electrons. The van der Waals surface area contributed by atoms with E-state index in [1.165, 1.54) is 22.1 Å². The van der Waals surface area contributed by atoms with Gasteiger partial charge in [-0.1, -0.05) is 54.6 Å². The van der Waals surface area contributed by atoms with E-state index in [2.05, 4.69) is 46.6 Å². The highest BCUT2D eigenvalue weighted by atomic mass is 16.1. The second-order valence-electron chi connectivity index (χ2n) is 7.21. The Bertz CT molecular complexity index is 937. The van der Waals surface area contributed by atoms with E-state index < -0.39 is 0 Å². The van der Waals surface area contributed by atoms with Gasteiger partial charge in [0, 0.05) is 12.1 Å². The van der Waals surface area contributed by atoms with Crippen molar-refractivity contribution in [3.8, 4) is 0 Å². The molecule has 0 spiro atoms. The largest absolute Gasteiger partial charge is 0.350 e. The topological polar surface area (TPSA) is 32.3 Å². The zero-order valence-electron chi connectivity index (χ0n) is 15.3. The summed E-state index contributed by atoms with van der Waals surface area (Å²) in [5.74, 6) is 0.00313. The Morgan fingerprint density at radius 1 is 0.962 bits per heavy atom. The summed E-state index contributed by atoms with van der Waals surface area (Å²) in [6.07, 6.45) is 2.16. The highest BCUT2D eigenvalue weighted by molar-refractivity contribution is 6.09. The molecule has 0 aromatic heterocycles. The van der Waals surface area contributed by atoms with Crippen LogP contribution in [0.4, 0.5) is 0 Å². The van der Waals surface area contributed by atoms with E-state index in [1.807, 2.05) is 38.4 Å². The molecular weight excluding hydrogens is 320 g/mol. The van der Waals surface area contributed by atoms with Crippen LogP contribution in [0.3, 0.4) is 0 Å². The lowest BCUT2D eigenvalue weighted by molar-refractivity contribution is 0.0943. The maximum Gasteiger partial charge on any atom is 0.251 e. The number of nitrogens with zero attached hydrogens (tertiary/aromatic N) is 1. The van der Waals surface area contributed by atoms with Gasteiger partial charge in [0.2, 0.25) is 0 Å². The number of nitrogens with one attached hydrogen (secondary N) is 1. The van der Waals surface area contributed by atoms with E-state index >= 15 is 0 Å². The highest BCUT2D eigenvalue weighted by Crippen LogP contribution is 2.32. The van der Waals surface area contributed by atoms with Crippen molar-refractivity contribution in [1.82, 2.24) is 10.2 Å². The van der Waals surface area contributed by atoms with Crippen molar-refractivity contribution in [1.29, 1.82) is 0 Å². The molecule has 0 radical (unpaired) electrons. The number of aryl methyl sites for hydroxylation is 2. The van der Waals surface area contributed by atoms with Gasteiger partial charge in [-0.05, 0) is 60.5 Å². The van der Waals surface area contributed by atoms with Crippen molar-refractivity contribution in [3.05, 3.63) is 82.9 Å². The molecule has 1 aliphatic rings. The first kappa shape index (κ1) is 16.8. The van der Waals surface area contributed by atoms with Gasteiger partial charge in [-0.15, -0.1) is 0 Å². The van der Waals surface area contributed by atoms with Gasteiger partial charge in [-0.2, -0.15) is 0 Å². The van der Waals surface area contributed by atoms with Crippen LogP contribution in [-0.4, -0.2) is 31.4 Å². The first-order valence-corrected chi connectivity index (χ1v) is 9.18. The number of carbonyl (C=O) groups is 1. The molecule has 0 aliphatic heterocycles. The van der Waals surface area contributed by atoms with Crippen LogP contribution in [0, 0.1) is 0 Å². The maximum atomic E-state index is 12.9. The normalized spacial score (nSPS) is 14.0. The Balaban J connectivity index is 1.58. The minimum Gasteiger partial charge on any atom is -0.350 e. The van der Waals surface area contributed by atoms with Crippen LogP contribution < -0.4 is 5.32 Å². The predicted octanol–water partition coefficient (Wildman–Crippen LogP) is 3.97. The average molecular weight is 344 g/mol. The van der Waals surface area contributed by atoms with Crippen LogP contribution in [-0.2, 0) is 12.8 Å². The Morgan fingerprint density at radius 3 is 2.42 bits per heavy atom. The number of amides is 1. The molecule has 1 unspecified atom stereocenters. The SMILES string of the molecule is CN(C)C(CNC(=O)c1ccc2c3c(cccc13)CC2)c1ccccc1. The number of hydrogen-bond acceptors (Lipinski definition) is 2. The molecule has 0 heterocycles. The van der Waals surface area contributed by atoms with Gasteiger partial charge < -0.3 is 10.2 Å². The zero-order chi connectivity index (χ0) is 18.1. The average Bonchev–Trinajstić information content (AvgIpc) is 3.08. The van der Waals surface area contributed by atoms with Crippen molar-refractivity contribution in [3.63, 3.8) is 0 Å².